The fourth-order valence-electron chi connectivity index (χ4n) is 5.11. The molecule has 3 aromatic heterocycles. The van der Waals surface area contributed by atoms with Crippen LogP contribution in [-0.2, 0) is 4.79 Å². The van der Waals surface area contributed by atoms with Crippen LogP contribution in [0.4, 0.5) is 11.4 Å². The molecule has 1 amide bonds. The van der Waals surface area contributed by atoms with Crippen LogP contribution in [0.3, 0.4) is 0 Å². The molecule has 4 aromatic rings. The second-order valence-electron chi connectivity index (χ2n) is 10.1. The van der Waals surface area contributed by atoms with Crippen molar-refractivity contribution in [1.29, 1.82) is 0 Å². The maximum Gasteiger partial charge on any atom is 0.226 e. The molecule has 1 aromatic carbocycles. The Hall–Kier alpha value is -3.75. The largest absolute Gasteiger partial charge is 0.351 e. The summed E-state index contributed by atoms with van der Waals surface area (Å²) in [7, 11) is 0. The lowest BCUT2D eigenvalue weighted by atomic mass is 9.96. The Labute approximate surface area is 239 Å². The van der Waals surface area contributed by atoms with Crippen molar-refractivity contribution in [3.8, 4) is 5.82 Å². The summed E-state index contributed by atoms with van der Waals surface area (Å²) in [4.78, 5) is 23.7. The van der Waals surface area contributed by atoms with E-state index in [-0.39, 0.29) is 23.9 Å². The van der Waals surface area contributed by atoms with E-state index in [1.807, 2.05) is 62.5 Å². The summed E-state index contributed by atoms with van der Waals surface area (Å²) in [6.07, 6.45) is 3.61. The van der Waals surface area contributed by atoms with Crippen molar-refractivity contribution in [2.75, 3.05) is 10.2 Å². The highest BCUT2D eigenvalue weighted by atomic mass is 35.5. The number of hydrogen-bond acceptors (Lipinski definition) is 4. The molecule has 0 unspecified atom stereocenters. The van der Waals surface area contributed by atoms with Gasteiger partial charge >= 0.3 is 0 Å². The fourth-order valence-corrected chi connectivity index (χ4v) is 5.67. The monoisotopic (exact) mass is 558 g/mol. The second kappa shape index (κ2) is 10.8. The van der Waals surface area contributed by atoms with Crippen LogP contribution < -0.4 is 15.5 Å². The molecule has 2 atom stereocenters. The van der Waals surface area contributed by atoms with Crippen LogP contribution in [-0.4, -0.2) is 25.6 Å². The predicted molar refractivity (Wildman–Crippen MR) is 161 cm³/mol. The molecular weight excluding hydrogens is 528 g/mol. The summed E-state index contributed by atoms with van der Waals surface area (Å²) >= 11 is 12.6. The number of anilines is 2. The highest BCUT2D eigenvalue weighted by Gasteiger charge is 2.42. The summed E-state index contributed by atoms with van der Waals surface area (Å²) in [6.45, 7) is 9.96. The van der Waals surface area contributed by atoms with Gasteiger partial charge in [-0.05, 0) is 86.6 Å². The number of carbonyl (C=O) groups excluding carboxylic acids is 1. The second-order valence-corrected chi connectivity index (χ2v) is 10.9. The number of halogens is 1. The molecule has 2 N–H and O–H groups in total. The predicted octanol–water partition coefficient (Wildman–Crippen LogP) is 6.62. The number of pyridine rings is 2. The normalized spacial score (nSPS) is 17.0. The van der Waals surface area contributed by atoms with Crippen molar-refractivity contribution < 1.29 is 4.79 Å². The smallest absolute Gasteiger partial charge is 0.226 e. The Balaban J connectivity index is 1.63. The lowest BCUT2D eigenvalue weighted by Crippen LogP contribution is -2.29. The number of carbonyl (C=O) groups is 1. The zero-order valence-electron chi connectivity index (χ0n) is 22.6. The maximum atomic E-state index is 12.3. The third-order valence-corrected chi connectivity index (χ3v) is 7.72. The summed E-state index contributed by atoms with van der Waals surface area (Å²) in [5.74, 6) is 0.660. The Morgan fingerprint density at radius 2 is 1.82 bits per heavy atom. The van der Waals surface area contributed by atoms with Gasteiger partial charge < -0.3 is 20.1 Å². The summed E-state index contributed by atoms with van der Waals surface area (Å²) < 4.78 is 2.19. The minimum absolute atomic E-state index is 0.0895. The van der Waals surface area contributed by atoms with Gasteiger partial charge in [-0.2, -0.15) is 0 Å². The third-order valence-electron chi connectivity index (χ3n) is 7.09. The summed E-state index contributed by atoms with van der Waals surface area (Å²) in [5, 5.41) is 7.43. The molecule has 1 aliphatic rings. The zero-order chi connectivity index (χ0) is 27.8. The van der Waals surface area contributed by atoms with E-state index in [1.165, 1.54) is 0 Å². The van der Waals surface area contributed by atoms with Crippen molar-refractivity contribution in [2.24, 2.45) is 5.92 Å². The topological polar surface area (TPSA) is 75.1 Å². The number of benzene rings is 1. The Kier molecular flexibility index (Phi) is 7.42. The van der Waals surface area contributed by atoms with Crippen LogP contribution in [0.15, 0.2) is 67.0 Å². The van der Waals surface area contributed by atoms with Gasteiger partial charge in [0.25, 0.3) is 0 Å². The van der Waals surface area contributed by atoms with E-state index in [1.54, 1.807) is 6.20 Å². The van der Waals surface area contributed by atoms with Gasteiger partial charge in [-0.15, -0.1) is 0 Å². The van der Waals surface area contributed by atoms with E-state index in [0.717, 1.165) is 39.7 Å². The SMILES string of the molecule is Cc1cccnc1-n1c(C)cc([C@@H]2[C@@H](c3ccccn3)NC(=S)N2c2ccc(NC(=O)C(C)C)c(Cl)c2)c1C. The number of amides is 1. The number of rotatable bonds is 6. The molecule has 4 heterocycles. The van der Waals surface area contributed by atoms with Gasteiger partial charge in [0, 0.05) is 35.4 Å². The van der Waals surface area contributed by atoms with Crippen LogP contribution in [0.25, 0.3) is 5.82 Å². The van der Waals surface area contributed by atoms with Gasteiger partial charge in [0.15, 0.2) is 5.11 Å². The van der Waals surface area contributed by atoms with Gasteiger partial charge in [-0.3, -0.25) is 9.78 Å². The first-order valence-corrected chi connectivity index (χ1v) is 13.7. The van der Waals surface area contributed by atoms with E-state index in [2.05, 4.69) is 63.0 Å². The molecule has 0 saturated carbocycles. The first-order chi connectivity index (χ1) is 18.7. The third kappa shape index (κ3) is 5.02. The number of aromatic nitrogens is 3. The van der Waals surface area contributed by atoms with Gasteiger partial charge in [-0.25, -0.2) is 4.98 Å². The maximum absolute atomic E-state index is 12.3. The number of nitrogens with zero attached hydrogens (tertiary/aromatic N) is 4. The summed E-state index contributed by atoms with van der Waals surface area (Å²) in [5.41, 5.74) is 6.62. The molecule has 1 fully saturated rings. The first-order valence-electron chi connectivity index (χ1n) is 12.9. The van der Waals surface area contributed by atoms with Gasteiger partial charge in [-0.1, -0.05) is 37.6 Å². The highest BCUT2D eigenvalue weighted by Crippen LogP contribution is 2.44. The van der Waals surface area contributed by atoms with E-state index in [9.17, 15) is 4.79 Å². The molecular formula is C30H31ClN6OS. The number of thiocarbonyl (C=S) groups is 1. The van der Waals surface area contributed by atoms with E-state index >= 15 is 0 Å². The van der Waals surface area contributed by atoms with E-state index in [4.69, 9.17) is 23.8 Å². The quantitative estimate of drug-likeness (QED) is 0.259. The van der Waals surface area contributed by atoms with Gasteiger partial charge in [0.1, 0.15) is 5.82 Å². The lowest BCUT2D eigenvalue weighted by Gasteiger charge is -2.28. The Morgan fingerprint density at radius 1 is 1.05 bits per heavy atom. The fraction of sp³-hybridized carbons (Fsp3) is 0.267. The van der Waals surface area contributed by atoms with Crippen molar-refractivity contribution in [3.05, 3.63) is 100 Å². The summed E-state index contributed by atoms with van der Waals surface area (Å²) in [6, 6.07) is 17.3. The standard InChI is InChI=1S/C30H31ClN6OS/c1-17(2)29(38)34-24-12-11-21(16-23(24)31)37-27(26(35-30(37)39)25-10-6-7-13-32-25)22-15-19(4)36(20(22)5)28-18(3)9-8-14-33-28/h6-17,26-27H,1-5H3,(H,34,38)(H,35,39)/t26-,27-/m1/s1. The van der Waals surface area contributed by atoms with Crippen LogP contribution in [0.1, 0.15) is 54.1 Å². The van der Waals surface area contributed by atoms with Crippen LogP contribution >= 0.6 is 23.8 Å². The molecule has 0 bridgehead atoms. The van der Waals surface area contributed by atoms with Crippen LogP contribution in [0.2, 0.25) is 5.02 Å². The molecule has 9 heteroatoms. The molecule has 7 nitrogen and oxygen atoms in total. The van der Waals surface area contributed by atoms with Crippen molar-refractivity contribution in [3.63, 3.8) is 0 Å². The van der Waals surface area contributed by atoms with Crippen molar-refractivity contribution >= 4 is 46.2 Å². The van der Waals surface area contributed by atoms with Crippen LogP contribution in [0.5, 0.6) is 0 Å². The zero-order valence-corrected chi connectivity index (χ0v) is 24.1. The van der Waals surface area contributed by atoms with Crippen molar-refractivity contribution in [1.82, 2.24) is 19.9 Å². The minimum Gasteiger partial charge on any atom is -0.351 e. The Bertz CT molecular complexity index is 1550. The van der Waals surface area contributed by atoms with Gasteiger partial charge in [0.2, 0.25) is 5.91 Å². The number of aryl methyl sites for hydroxylation is 2. The Morgan fingerprint density at radius 3 is 2.49 bits per heavy atom. The lowest BCUT2D eigenvalue weighted by molar-refractivity contribution is -0.118. The molecule has 1 aliphatic heterocycles. The average Bonchev–Trinajstić information content (AvgIpc) is 3.41. The van der Waals surface area contributed by atoms with E-state index in [0.29, 0.717) is 15.8 Å². The number of nitrogens with one attached hydrogen (secondary N) is 2. The first kappa shape index (κ1) is 26.8. The van der Waals surface area contributed by atoms with E-state index < -0.39 is 0 Å². The highest BCUT2D eigenvalue weighted by molar-refractivity contribution is 7.80. The van der Waals surface area contributed by atoms with Crippen LogP contribution in [0, 0.1) is 26.7 Å². The van der Waals surface area contributed by atoms with Gasteiger partial charge in [0.05, 0.1) is 28.5 Å². The molecule has 39 heavy (non-hydrogen) atoms. The average molecular weight is 559 g/mol. The number of hydrogen-bond donors (Lipinski definition) is 2. The minimum atomic E-state index is -0.205. The molecule has 0 aliphatic carbocycles. The molecule has 200 valence electrons. The molecule has 0 radical (unpaired) electrons. The molecule has 1 saturated heterocycles. The van der Waals surface area contributed by atoms with Crippen molar-refractivity contribution in [2.45, 2.75) is 46.7 Å². The molecule has 5 rings (SSSR count). The molecule has 0 spiro atoms.